The Kier molecular flexibility index (Phi) is 5.19. The summed E-state index contributed by atoms with van der Waals surface area (Å²) >= 11 is 0. The average Bonchev–Trinajstić information content (AvgIpc) is 3.02. The van der Waals surface area contributed by atoms with Crippen molar-refractivity contribution in [3.8, 4) is 0 Å². The molecule has 3 N–H and O–H groups in total. The molecule has 1 aromatic heterocycles. The van der Waals surface area contributed by atoms with Crippen LogP contribution in [0.3, 0.4) is 0 Å². The van der Waals surface area contributed by atoms with Crippen molar-refractivity contribution in [3.05, 3.63) is 59.4 Å². The third-order valence-electron chi connectivity index (χ3n) is 4.64. The minimum atomic E-state index is -0.534. The third-order valence-corrected chi connectivity index (χ3v) is 4.64. The Balaban J connectivity index is 1.67. The van der Waals surface area contributed by atoms with Crippen molar-refractivity contribution in [3.63, 3.8) is 0 Å². The molecule has 1 aliphatic rings. The number of hydrogen-bond acceptors (Lipinski definition) is 3. The zero-order valence-electron chi connectivity index (χ0n) is 14.4. The van der Waals surface area contributed by atoms with Crippen LogP contribution in [-0.2, 0) is 6.54 Å². The summed E-state index contributed by atoms with van der Waals surface area (Å²) in [5.74, 6) is -0.616. The van der Waals surface area contributed by atoms with E-state index in [-0.39, 0.29) is 11.9 Å². The normalized spacial score (nSPS) is 18.8. The van der Waals surface area contributed by atoms with Gasteiger partial charge in [-0.05, 0) is 25.0 Å². The molecule has 0 spiro atoms. The molecule has 1 atom stereocenters. The molecule has 0 aliphatic carbocycles. The lowest BCUT2D eigenvalue weighted by Crippen LogP contribution is -2.42. The van der Waals surface area contributed by atoms with Gasteiger partial charge in [-0.3, -0.25) is 14.5 Å². The lowest BCUT2D eigenvalue weighted by Gasteiger charge is -2.28. The van der Waals surface area contributed by atoms with Gasteiger partial charge in [-0.15, -0.1) is 0 Å². The molecule has 2 heterocycles. The fourth-order valence-corrected chi connectivity index (χ4v) is 3.35. The summed E-state index contributed by atoms with van der Waals surface area (Å²) in [4.78, 5) is 31.1. The van der Waals surface area contributed by atoms with Crippen LogP contribution in [0.4, 0.5) is 0 Å². The van der Waals surface area contributed by atoms with Gasteiger partial charge in [-0.1, -0.05) is 30.3 Å². The van der Waals surface area contributed by atoms with Crippen LogP contribution in [0.2, 0.25) is 0 Å². The van der Waals surface area contributed by atoms with E-state index in [1.54, 1.807) is 0 Å². The number of nitrogens with zero attached hydrogens (tertiary/aromatic N) is 2. The van der Waals surface area contributed by atoms with Crippen LogP contribution in [0.25, 0.3) is 0 Å². The highest BCUT2D eigenvalue weighted by Crippen LogP contribution is 2.16. The van der Waals surface area contributed by atoms with Gasteiger partial charge in [0.05, 0.1) is 5.56 Å². The highest BCUT2D eigenvalue weighted by Gasteiger charge is 2.27. The van der Waals surface area contributed by atoms with Crippen LogP contribution >= 0.6 is 0 Å². The first-order valence-electron chi connectivity index (χ1n) is 8.60. The first-order chi connectivity index (χ1) is 12.0. The van der Waals surface area contributed by atoms with Crippen molar-refractivity contribution in [2.45, 2.75) is 25.9 Å². The largest absolute Gasteiger partial charge is 0.366 e. The molecule has 2 aromatic rings. The standard InChI is InChI=1S/C19H24N4O2/c1-14-12-22(13-15-6-3-2-4-7-15)8-5-9-23(14)19(25)17-10-16(11-21-17)18(20)24/h2-4,6-7,10-11,14,21H,5,8-9,12-13H2,1H3,(H2,20,24)/t14-/m0/s1. The number of carbonyl (C=O) groups excluding carboxylic acids is 2. The fourth-order valence-electron chi connectivity index (χ4n) is 3.35. The van der Waals surface area contributed by atoms with Gasteiger partial charge >= 0.3 is 0 Å². The molecule has 1 aromatic carbocycles. The van der Waals surface area contributed by atoms with Crippen molar-refractivity contribution in [1.82, 2.24) is 14.8 Å². The zero-order chi connectivity index (χ0) is 17.8. The second-order valence-corrected chi connectivity index (χ2v) is 6.59. The van der Waals surface area contributed by atoms with Crippen LogP contribution in [-0.4, -0.2) is 52.3 Å². The quantitative estimate of drug-likeness (QED) is 0.891. The van der Waals surface area contributed by atoms with E-state index >= 15 is 0 Å². The van der Waals surface area contributed by atoms with Crippen molar-refractivity contribution < 1.29 is 9.59 Å². The molecule has 6 heteroatoms. The Bertz CT molecular complexity index is 741. The van der Waals surface area contributed by atoms with Crippen LogP contribution in [0.15, 0.2) is 42.6 Å². The molecule has 0 bridgehead atoms. The van der Waals surface area contributed by atoms with Gasteiger partial charge in [0.25, 0.3) is 5.91 Å². The highest BCUT2D eigenvalue weighted by atomic mass is 16.2. The minimum absolute atomic E-state index is 0.0819. The van der Waals surface area contributed by atoms with Crippen LogP contribution in [0.5, 0.6) is 0 Å². The zero-order valence-corrected chi connectivity index (χ0v) is 14.4. The number of carbonyl (C=O) groups is 2. The Labute approximate surface area is 147 Å². The summed E-state index contributed by atoms with van der Waals surface area (Å²) in [5.41, 5.74) is 7.29. The molecule has 0 saturated carbocycles. The van der Waals surface area contributed by atoms with Crippen molar-refractivity contribution in [1.29, 1.82) is 0 Å². The molecule has 1 aliphatic heterocycles. The van der Waals surface area contributed by atoms with Crippen LogP contribution in [0.1, 0.15) is 39.8 Å². The minimum Gasteiger partial charge on any atom is -0.366 e. The summed E-state index contributed by atoms with van der Waals surface area (Å²) in [6, 6.07) is 12.0. The van der Waals surface area contributed by atoms with E-state index in [4.69, 9.17) is 5.73 Å². The van der Waals surface area contributed by atoms with Crippen LogP contribution in [0, 0.1) is 0 Å². The second kappa shape index (κ2) is 7.53. The summed E-state index contributed by atoms with van der Waals surface area (Å²) in [5, 5.41) is 0. The van der Waals surface area contributed by atoms with E-state index < -0.39 is 5.91 Å². The average molecular weight is 340 g/mol. The Morgan fingerprint density at radius 3 is 2.68 bits per heavy atom. The fraction of sp³-hybridized carbons (Fsp3) is 0.368. The molecular formula is C19H24N4O2. The lowest BCUT2D eigenvalue weighted by molar-refractivity contribution is 0.0686. The van der Waals surface area contributed by atoms with Gasteiger partial charge in [0.2, 0.25) is 5.91 Å². The molecular weight excluding hydrogens is 316 g/mol. The first-order valence-corrected chi connectivity index (χ1v) is 8.60. The van der Waals surface area contributed by atoms with E-state index in [9.17, 15) is 9.59 Å². The Morgan fingerprint density at radius 1 is 1.24 bits per heavy atom. The number of benzene rings is 1. The molecule has 0 unspecified atom stereocenters. The smallest absolute Gasteiger partial charge is 0.270 e. The highest BCUT2D eigenvalue weighted by molar-refractivity contribution is 5.98. The molecule has 3 rings (SSSR count). The number of rotatable bonds is 4. The number of aromatic nitrogens is 1. The van der Waals surface area contributed by atoms with Crippen LogP contribution < -0.4 is 5.73 Å². The monoisotopic (exact) mass is 340 g/mol. The SMILES string of the molecule is C[C@H]1CN(Cc2ccccc2)CCCN1C(=O)c1cc(C(N)=O)c[nH]1. The number of primary amides is 1. The van der Waals surface area contributed by atoms with Gasteiger partial charge in [0.1, 0.15) is 5.69 Å². The second-order valence-electron chi connectivity index (χ2n) is 6.59. The van der Waals surface area contributed by atoms with Gasteiger partial charge in [0, 0.05) is 38.4 Å². The number of nitrogens with two attached hydrogens (primary N) is 1. The molecule has 6 nitrogen and oxygen atoms in total. The number of aromatic amines is 1. The number of amides is 2. The summed E-state index contributed by atoms with van der Waals surface area (Å²) in [7, 11) is 0. The molecule has 1 saturated heterocycles. The van der Waals surface area contributed by atoms with Crippen molar-refractivity contribution in [2.75, 3.05) is 19.6 Å². The Hall–Kier alpha value is -2.60. The van der Waals surface area contributed by atoms with Crippen molar-refractivity contribution in [2.24, 2.45) is 5.73 Å². The number of hydrogen-bond donors (Lipinski definition) is 2. The molecule has 2 amide bonds. The first kappa shape index (κ1) is 17.2. The number of nitrogens with one attached hydrogen (secondary N) is 1. The van der Waals surface area contributed by atoms with Gasteiger partial charge in [0.15, 0.2) is 0 Å². The topological polar surface area (TPSA) is 82.4 Å². The van der Waals surface area contributed by atoms with E-state index in [2.05, 4.69) is 28.9 Å². The van der Waals surface area contributed by atoms with E-state index in [0.717, 1.165) is 26.1 Å². The van der Waals surface area contributed by atoms with E-state index in [0.29, 0.717) is 17.8 Å². The van der Waals surface area contributed by atoms with Crippen molar-refractivity contribution >= 4 is 11.8 Å². The van der Waals surface area contributed by atoms with Gasteiger partial charge in [-0.25, -0.2) is 0 Å². The maximum Gasteiger partial charge on any atom is 0.270 e. The summed E-state index contributed by atoms with van der Waals surface area (Å²) in [6.07, 6.45) is 2.41. The maximum atomic E-state index is 12.8. The molecule has 1 fully saturated rings. The summed E-state index contributed by atoms with van der Waals surface area (Å²) < 4.78 is 0. The molecule has 132 valence electrons. The number of H-pyrrole nitrogens is 1. The van der Waals surface area contributed by atoms with Gasteiger partial charge in [-0.2, -0.15) is 0 Å². The van der Waals surface area contributed by atoms with E-state index in [1.807, 2.05) is 23.1 Å². The molecule has 25 heavy (non-hydrogen) atoms. The van der Waals surface area contributed by atoms with Gasteiger partial charge < -0.3 is 15.6 Å². The Morgan fingerprint density at radius 2 is 2.00 bits per heavy atom. The lowest BCUT2D eigenvalue weighted by atomic mass is 10.2. The molecule has 0 radical (unpaired) electrons. The third kappa shape index (κ3) is 4.09. The predicted octanol–water partition coefficient (Wildman–Crippen LogP) is 1.85. The van der Waals surface area contributed by atoms with E-state index in [1.165, 1.54) is 17.8 Å². The summed E-state index contributed by atoms with van der Waals surface area (Å²) in [6.45, 7) is 5.45. The maximum absolute atomic E-state index is 12.8. The predicted molar refractivity (Wildman–Crippen MR) is 96.1 cm³/mol.